The number of nitrogens with one attached hydrogen (secondary N) is 1. The molecule has 36 heavy (non-hydrogen) atoms. The number of anilines is 1. The number of piperazine rings is 1. The van der Waals surface area contributed by atoms with Crippen molar-refractivity contribution in [2.24, 2.45) is 5.92 Å². The number of methoxy groups -OCH3 is 1. The summed E-state index contributed by atoms with van der Waals surface area (Å²) in [5.41, 5.74) is 0. The van der Waals surface area contributed by atoms with Gasteiger partial charge >= 0.3 is 0 Å². The van der Waals surface area contributed by atoms with E-state index in [0.29, 0.717) is 22.7 Å². The fourth-order valence-electron chi connectivity index (χ4n) is 5.23. The minimum absolute atomic E-state index is 0.0871. The fourth-order valence-corrected chi connectivity index (χ4v) is 6.96. The Morgan fingerprint density at radius 1 is 1.03 bits per heavy atom. The number of hydrogen-bond donors (Lipinski definition) is 1. The number of rotatable bonds is 9. The molecule has 2 heterocycles. The summed E-state index contributed by atoms with van der Waals surface area (Å²) in [4.78, 5) is 9.59. The molecule has 2 saturated carbocycles. The summed E-state index contributed by atoms with van der Waals surface area (Å²) >= 11 is 6.05. The minimum atomic E-state index is -3.71. The van der Waals surface area contributed by atoms with Crippen LogP contribution in [0, 0.1) is 5.92 Å². The van der Waals surface area contributed by atoms with Crippen LogP contribution in [-0.2, 0) is 10.0 Å². The van der Waals surface area contributed by atoms with E-state index in [-0.39, 0.29) is 10.9 Å². The highest BCUT2D eigenvalue weighted by atomic mass is 35.5. The van der Waals surface area contributed by atoms with E-state index in [4.69, 9.17) is 21.1 Å². The Bertz CT molecular complexity index is 1140. The molecule has 2 aliphatic carbocycles. The maximum atomic E-state index is 13.0. The quantitative estimate of drug-likeness (QED) is 0.521. The average Bonchev–Trinajstić information content (AvgIpc) is 3.73. The van der Waals surface area contributed by atoms with E-state index in [1.54, 1.807) is 12.1 Å². The van der Waals surface area contributed by atoms with Crippen molar-refractivity contribution in [1.29, 1.82) is 0 Å². The number of pyridine rings is 1. The standard InChI is InChI=1S/C26H35ClN4O4S/c1-34-23-11-6-20(27)17-25(23)36(32,33)29-21-7-9-22(10-8-21)30-13-15-31(16-14-30)26-24(3-2-12-28-26)35-18-19-4-5-19/h2-3,6,11-12,17,19,21-22,29H,4-5,7-10,13-16,18H2,1H3/t21-,22-. The highest BCUT2D eigenvalue weighted by molar-refractivity contribution is 7.89. The molecule has 0 spiro atoms. The highest BCUT2D eigenvalue weighted by Gasteiger charge is 2.32. The van der Waals surface area contributed by atoms with Crippen LogP contribution in [0.4, 0.5) is 5.82 Å². The third kappa shape index (κ3) is 6.07. The van der Waals surface area contributed by atoms with Crippen molar-refractivity contribution in [2.45, 2.75) is 55.5 Å². The predicted octanol–water partition coefficient (Wildman–Crippen LogP) is 3.94. The van der Waals surface area contributed by atoms with E-state index in [9.17, 15) is 8.42 Å². The Balaban J connectivity index is 1.12. The Labute approximate surface area is 219 Å². The lowest BCUT2D eigenvalue weighted by atomic mass is 9.90. The molecule has 0 unspecified atom stereocenters. The second-order valence-corrected chi connectivity index (χ2v) is 12.1. The summed E-state index contributed by atoms with van der Waals surface area (Å²) in [5.74, 6) is 2.85. The summed E-state index contributed by atoms with van der Waals surface area (Å²) in [5, 5.41) is 0.367. The van der Waals surface area contributed by atoms with E-state index in [1.165, 1.54) is 26.0 Å². The monoisotopic (exact) mass is 534 g/mol. The van der Waals surface area contributed by atoms with Crippen LogP contribution in [0.15, 0.2) is 41.4 Å². The highest BCUT2D eigenvalue weighted by Crippen LogP contribution is 2.33. The summed E-state index contributed by atoms with van der Waals surface area (Å²) in [6.07, 6.45) is 7.95. The van der Waals surface area contributed by atoms with Gasteiger partial charge in [-0.25, -0.2) is 18.1 Å². The van der Waals surface area contributed by atoms with Crippen molar-refractivity contribution < 1.29 is 17.9 Å². The van der Waals surface area contributed by atoms with Crippen molar-refractivity contribution in [1.82, 2.24) is 14.6 Å². The zero-order valence-corrected chi connectivity index (χ0v) is 22.3. The first-order valence-electron chi connectivity index (χ1n) is 12.9. The van der Waals surface area contributed by atoms with Crippen LogP contribution in [0.3, 0.4) is 0 Å². The molecule has 1 aliphatic heterocycles. The van der Waals surface area contributed by atoms with Gasteiger partial charge in [0.15, 0.2) is 11.6 Å². The molecule has 2 aromatic rings. The van der Waals surface area contributed by atoms with Crippen LogP contribution in [0.5, 0.6) is 11.5 Å². The molecule has 1 saturated heterocycles. The number of nitrogens with zero attached hydrogens (tertiary/aromatic N) is 3. The van der Waals surface area contributed by atoms with Crippen molar-refractivity contribution in [3.8, 4) is 11.5 Å². The fraction of sp³-hybridized carbons (Fsp3) is 0.577. The Kier molecular flexibility index (Phi) is 7.90. The van der Waals surface area contributed by atoms with Gasteiger partial charge in [0, 0.05) is 49.5 Å². The number of sulfonamides is 1. The Hall–Kier alpha value is -2.07. The van der Waals surface area contributed by atoms with E-state index in [0.717, 1.165) is 70.0 Å². The predicted molar refractivity (Wildman–Crippen MR) is 141 cm³/mol. The molecule has 0 bridgehead atoms. The van der Waals surface area contributed by atoms with Gasteiger partial charge in [0.1, 0.15) is 10.6 Å². The second kappa shape index (κ2) is 11.1. The summed E-state index contributed by atoms with van der Waals surface area (Å²) < 4.78 is 40.2. The number of hydrogen-bond acceptors (Lipinski definition) is 7. The number of benzene rings is 1. The molecule has 0 amide bonds. The van der Waals surface area contributed by atoms with Crippen molar-refractivity contribution in [3.05, 3.63) is 41.6 Å². The van der Waals surface area contributed by atoms with Gasteiger partial charge in [0.2, 0.25) is 10.0 Å². The average molecular weight is 535 g/mol. The molecule has 3 aliphatic rings. The molecule has 0 radical (unpaired) electrons. The first-order chi connectivity index (χ1) is 17.4. The molecule has 1 aromatic carbocycles. The van der Waals surface area contributed by atoms with E-state index >= 15 is 0 Å². The smallest absolute Gasteiger partial charge is 0.244 e. The number of ether oxygens (including phenoxy) is 2. The molecule has 1 N–H and O–H groups in total. The van der Waals surface area contributed by atoms with Crippen LogP contribution < -0.4 is 19.1 Å². The lowest BCUT2D eigenvalue weighted by molar-refractivity contribution is 0.139. The third-order valence-electron chi connectivity index (χ3n) is 7.49. The topological polar surface area (TPSA) is 84.0 Å². The van der Waals surface area contributed by atoms with Crippen LogP contribution in [0.25, 0.3) is 0 Å². The molecule has 3 fully saturated rings. The first-order valence-corrected chi connectivity index (χ1v) is 14.7. The number of aromatic nitrogens is 1. The normalized spacial score (nSPS) is 23.4. The Morgan fingerprint density at radius 2 is 1.78 bits per heavy atom. The van der Waals surface area contributed by atoms with Gasteiger partial charge in [0.25, 0.3) is 0 Å². The molecular weight excluding hydrogens is 500 g/mol. The molecule has 0 atom stereocenters. The van der Waals surface area contributed by atoms with Crippen LogP contribution in [-0.4, -0.2) is 70.3 Å². The molecule has 5 rings (SSSR count). The van der Waals surface area contributed by atoms with Gasteiger partial charge in [-0.05, 0) is 74.8 Å². The van der Waals surface area contributed by atoms with Crippen LogP contribution >= 0.6 is 11.6 Å². The largest absolute Gasteiger partial charge is 0.495 e. The van der Waals surface area contributed by atoms with Gasteiger partial charge in [-0.15, -0.1) is 0 Å². The lowest BCUT2D eigenvalue weighted by Crippen LogP contribution is -2.52. The summed E-state index contributed by atoms with van der Waals surface area (Å²) in [6.45, 7) is 4.56. The van der Waals surface area contributed by atoms with E-state index < -0.39 is 10.0 Å². The summed E-state index contributed by atoms with van der Waals surface area (Å²) in [7, 11) is -2.25. The maximum Gasteiger partial charge on any atom is 0.244 e. The zero-order valence-electron chi connectivity index (χ0n) is 20.7. The van der Waals surface area contributed by atoms with Crippen LogP contribution in [0.2, 0.25) is 5.02 Å². The van der Waals surface area contributed by atoms with Crippen LogP contribution in [0.1, 0.15) is 38.5 Å². The van der Waals surface area contributed by atoms with Crippen molar-refractivity contribution in [2.75, 3.05) is 44.8 Å². The second-order valence-electron chi connectivity index (χ2n) is 10.0. The van der Waals surface area contributed by atoms with E-state index in [1.807, 2.05) is 18.3 Å². The van der Waals surface area contributed by atoms with Gasteiger partial charge in [-0.3, -0.25) is 4.90 Å². The zero-order chi connectivity index (χ0) is 25.1. The molecular formula is C26H35ClN4O4S. The molecule has 196 valence electrons. The first kappa shape index (κ1) is 25.6. The van der Waals surface area contributed by atoms with Gasteiger partial charge < -0.3 is 14.4 Å². The van der Waals surface area contributed by atoms with E-state index in [2.05, 4.69) is 19.5 Å². The third-order valence-corrected chi connectivity index (χ3v) is 9.26. The van der Waals surface area contributed by atoms with Gasteiger partial charge in [-0.1, -0.05) is 11.6 Å². The SMILES string of the molecule is COc1ccc(Cl)cc1S(=O)(=O)N[C@H]1CC[C@H](N2CCN(c3ncccc3OCC3CC3)CC2)CC1. The molecule has 1 aromatic heterocycles. The van der Waals surface area contributed by atoms with Crippen molar-refractivity contribution >= 4 is 27.4 Å². The minimum Gasteiger partial charge on any atom is -0.495 e. The van der Waals surface area contributed by atoms with Gasteiger partial charge in [-0.2, -0.15) is 0 Å². The number of halogens is 1. The Morgan fingerprint density at radius 3 is 2.47 bits per heavy atom. The van der Waals surface area contributed by atoms with Gasteiger partial charge in [0.05, 0.1) is 13.7 Å². The summed E-state index contributed by atoms with van der Waals surface area (Å²) in [6, 6.07) is 9.01. The van der Waals surface area contributed by atoms with Crippen molar-refractivity contribution in [3.63, 3.8) is 0 Å². The maximum absolute atomic E-state index is 13.0. The molecule has 8 nitrogen and oxygen atoms in total. The molecule has 10 heteroatoms. The lowest BCUT2D eigenvalue weighted by Gasteiger charge is -2.42.